The molecule has 0 spiro atoms. The van der Waals surface area contributed by atoms with E-state index < -0.39 is 0 Å². The number of halogens is 2. The quantitative estimate of drug-likeness (QED) is 0.860. The Bertz CT molecular complexity index is 556. The zero-order valence-electron chi connectivity index (χ0n) is 11.7. The van der Waals surface area contributed by atoms with Crippen LogP contribution in [-0.2, 0) is 6.42 Å². The molecular weight excluding hydrogens is 273 g/mol. The Morgan fingerprint density at radius 3 is 2.45 bits per heavy atom. The molecule has 2 rings (SSSR count). The summed E-state index contributed by atoms with van der Waals surface area (Å²) >= 11 is 5.84. The topological polar surface area (TPSA) is 12.0 Å². The molecule has 2 aromatic rings. The lowest BCUT2D eigenvalue weighted by molar-refractivity contribution is 0.482. The van der Waals surface area contributed by atoms with E-state index in [-0.39, 0.29) is 16.9 Å². The summed E-state index contributed by atoms with van der Waals surface area (Å²) < 4.78 is 13.2. The summed E-state index contributed by atoms with van der Waals surface area (Å²) in [6.07, 6.45) is 0.812. The van der Waals surface area contributed by atoms with Crippen LogP contribution in [0.25, 0.3) is 0 Å². The SMILES string of the molecule is CNC(Cc1ccc(F)c(Cl)c1)C(C)c1ccccc1. The van der Waals surface area contributed by atoms with Crippen molar-refractivity contribution >= 4 is 11.6 Å². The monoisotopic (exact) mass is 291 g/mol. The van der Waals surface area contributed by atoms with Gasteiger partial charge in [0.25, 0.3) is 0 Å². The second-order valence-corrected chi connectivity index (χ2v) is 5.45. The molecule has 0 aromatic heterocycles. The van der Waals surface area contributed by atoms with Crippen LogP contribution in [0, 0.1) is 5.82 Å². The summed E-state index contributed by atoms with van der Waals surface area (Å²) in [5.41, 5.74) is 2.33. The van der Waals surface area contributed by atoms with Crippen LogP contribution >= 0.6 is 11.6 Å². The molecule has 0 amide bonds. The second-order valence-electron chi connectivity index (χ2n) is 5.05. The number of likely N-dealkylation sites (N-methyl/N-ethyl adjacent to an activating group) is 1. The maximum absolute atomic E-state index is 13.2. The lowest BCUT2D eigenvalue weighted by Gasteiger charge is -2.24. The standard InChI is InChI=1S/C17H19ClFN/c1-12(14-6-4-3-5-7-14)17(20-2)11-13-8-9-16(19)15(18)10-13/h3-10,12,17,20H,11H2,1-2H3. The molecular formula is C17H19ClFN. The van der Waals surface area contributed by atoms with Crippen LogP contribution in [0.2, 0.25) is 5.02 Å². The molecule has 0 aliphatic carbocycles. The third kappa shape index (κ3) is 3.59. The highest BCUT2D eigenvalue weighted by molar-refractivity contribution is 6.30. The van der Waals surface area contributed by atoms with Gasteiger partial charge >= 0.3 is 0 Å². The van der Waals surface area contributed by atoms with Gasteiger partial charge in [-0.1, -0.05) is 54.9 Å². The van der Waals surface area contributed by atoms with Gasteiger partial charge in [0.1, 0.15) is 5.82 Å². The Morgan fingerprint density at radius 2 is 1.85 bits per heavy atom. The highest BCUT2D eigenvalue weighted by Crippen LogP contribution is 2.23. The number of benzene rings is 2. The van der Waals surface area contributed by atoms with Gasteiger partial charge < -0.3 is 5.32 Å². The van der Waals surface area contributed by atoms with E-state index in [0.29, 0.717) is 5.92 Å². The second kappa shape index (κ2) is 6.87. The predicted molar refractivity (Wildman–Crippen MR) is 82.8 cm³/mol. The lowest BCUT2D eigenvalue weighted by atomic mass is 9.89. The summed E-state index contributed by atoms with van der Waals surface area (Å²) in [7, 11) is 1.95. The normalized spacial score (nSPS) is 14.0. The van der Waals surface area contributed by atoms with E-state index in [1.165, 1.54) is 11.6 Å². The van der Waals surface area contributed by atoms with Crippen molar-refractivity contribution in [3.05, 3.63) is 70.5 Å². The average Bonchev–Trinajstić information content (AvgIpc) is 2.48. The first-order chi connectivity index (χ1) is 9.61. The molecule has 0 saturated carbocycles. The van der Waals surface area contributed by atoms with Gasteiger partial charge in [0.2, 0.25) is 0 Å². The molecule has 2 unspecified atom stereocenters. The Balaban J connectivity index is 2.14. The van der Waals surface area contributed by atoms with Crippen molar-refractivity contribution in [2.75, 3.05) is 7.05 Å². The molecule has 1 N–H and O–H groups in total. The van der Waals surface area contributed by atoms with Crippen LogP contribution in [0.3, 0.4) is 0 Å². The summed E-state index contributed by atoms with van der Waals surface area (Å²) in [6, 6.07) is 15.6. The van der Waals surface area contributed by atoms with Crippen LogP contribution in [-0.4, -0.2) is 13.1 Å². The van der Waals surface area contributed by atoms with Gasteiger partial charge in [-0.3, -0.25) is 0 Å². The summed E-state index contributed by atoms with van der Waals surface area (Å²) in [5.74, 6) is -0.00226. The summed E-state index contributed by atoms with van der Waals surface area (Å²) in [6.45, 7) is 2.20. The van der Waals surface area contributed by atoms with Gasteiger partial charge in [-0.2, -0.15) is 0 Å². The Labute approximate surface area is 124 Å². The van der Waals surface area contributed by atoms with Crippen LogP contribution in [0.4, 0.5) is 4.39 Å². The van der Waals surface area contributed by atoms with Gasteiger partial charge in [-0.05, 0) is 42.6 Å². The maximum Gasteiger partial charge on any atom is 0.141 e. The lowest BCUT2D eigenvalue weighted by Crippen LogP contribution is -2.32. The van der Waals surface area contributed by atoms with E-state index in [1.54, 1.807) is 12.1 Å². The van der Waals surface area contributed by atoms with Crippen molar-refractivity contribution in [3.63, 3.8) is 0 Å². The molecule has 0 fully saturated rings. The van der Waals surface area contributed by atoms with Crippen LogP contribution in [0.15, 0.2) is 48.5 Å². The average molecular weight is 292 g/mol. The van der Waals surface area contributed by atoms with Gasteiger partial charge in [0, 0.05) is 6.04 Å². The molecule has 106 valence electrons. The van der Waals surface area contributed by atoms with E-state index in [0.717, 1.165) is 12.0 Å². The Morgan fingerprint density at radius 1 is 1.15 bits per heavy atom. The summed E-state index contributed by atoms with van der Waals surface area (Å²) in [4.78, 5) is 0. The van der Waals surface area contributed by atoms with Crippen LogP contribution in [0.5, 0.6) is 0 Å². The van der Waals surface area contributed by atoms with Gasteiger partial charge in [0.15, 0.2) is 0 Å². The molecule has 3 heteroatoms. The molecule has 20 heavy (non-hydrogen) atoms. The molecule has 0 saturated heterocycles. The zero-order valence-corrected chi connectivity index (χ0v) is 12.5. The highest BCUT2D eigenvalue weighted by Gasteiger charge is 2.18. The van der Waals surface area contributed by atoms with Crippen molar-refractivity contribution in [1.82, 2.24) is 5.32 Å². The molecule has 0 radical (unpaired) electrons. The van der Waals surface area contributed by atoms with Crippen molar-refractivity contribution in [1.29, 1.82) is 0 Å². The fourth-order valence-corrected chi connectivity index (χ4v) is 2.64. The maximum atomic E-state index is 13.2. The zero-order chi connectivity index (χ0) is 14.5. The molecule has 0 heterocycles. The minimum Gasteiger partial charge on any atom is -0.316 e. The number of hydrogen-bond donors (Lipinski definition) is 1. The van der Waals surface area contributed by atoms with Crippen LogP contribution < -0.4 is 5.32 Å². The van der Waals surface area contributed by atoms with Crippen molar-refractivity contribution in [2.24, 2.45) is 0 Å². The fourth-order valence-electron chi connectivity index (χ4n) is 2.44. The van der Waals surface area contributed by atoms with E-state index in [1.807, 2.05) is 25.2 Å². The number of rotatable bonds is 5. The van der Waals surface area contributed by atoms with E-state index in [2.05, 4.69) is 24.4 Å². The Hall–Kier alpha value is -1.38. The third-order valence-electron chi connectivity index (χ3n) is 3.74. The predicted octanol–water partition coefficient (Wildman–Crippen LogP) is 4.41. The van der Waals surface area contributed by atoms with E-state index in [9.17, 15) is 4.39 Å². The molecule has 0 aliphatic rings. The van der Waals surface area contributed by atoms with Crippen molar-refractivity contribution in [3.8, 4) is 0 Å². The molecule has 0 aliphatic heterocycles. The third-order valence-corrected chi connectivity index (χ3v) is 4.03. The Kier molecular flexibility index (Phi) is 5.16. The number of nitrogens with one attached hydrogen (secondary N) is 1. The fraction of sp³-hybridized carbons (Fsp3) is 0.294. The minimum atomic E-state index is -0.368. The first-order valence-corrected chi connectivity index (χ1v) is 7.15. The van der Waals surface area contributed by atoms with Gasteiger partial charge in [0.05, 0.1) is 5.02 Å². The van der Waals surface area contributed by atoms with E-state index >= 15 is 0 Å². The molecule has 2 atom stereocenters. The minimum absolute atomic E-state index is 0.185. The molecule has 0 bridgehead atoms. The van der Waals surface area contributed by atoms with Crippen molar-refractivity contribution < 1.29 is 4.39 Å². The highest BCUT2D eigenvalue weighted by atomic mass is 35.5. The largest absolute Gasteiger partial charge is 0.316 e. The van der Waals surface area contributed by atoms with Crippen LogP contribution in [0.1, 0.15) is 24.0 Å². The summed E-state index contributed by atoms with van der Waals surface area (Å²) in [5, 5.41) is 3.53. The van der Waals surface area contributed by atoms with Crippen molar-refractivity contribution in [2.45, 2.75) is 25.3 Å². The smallest absolute Gasteiger partial charge is 0.141 e. The number of hydrogen-bond acceptors (Lipinski definition) is 1. The van der Waals surface area contributed by atoms with Gasteiger partial charge in [-0.15, -0.1) is 0 Å². The molecule has 2 aromatic carbocycles. The first kappa shape index (κ1) is 15.0. The van der Waals surface area contributed by atoms with Gasteiger partial charge in [-0.25, -0.2) is 4.39 Å². The van der Waals surface area contributed by atoms with E-state index in [4.69, 9.17) is 11.6 Å². The first-order valence-electron chi connectivity index (χ1n) is 6.78. The molecule has 1 nitrogen and oxygen atoms in total.